The number of aryl methyl sites for hydroxylation is 1. The molecule has 0 saturated heterocycles. The lowest BCUT2D eigenvalue weighted by molar-refractivity contribution is 0.415. The van der Waals surface area contributed by atoms with Gasteiger partial charge in [0.25, 0.3) is 5.56 Å². The number of nitrogens with zero attached hydrogens (tertiary/aromatic N) is 5. The highest BCUT2D eigenvalue weighted by molar-refractivity contribution is 7.98. The Kier molecular flexibility index (Phi) is 6.64. The fourth-order valence-corrected chi connectivity index (χ4v) is 5.70. The van der Waals surface area contributed by atoms with Crippen LogP contribution in [0.1, 0.15) is 31.9 Å². The van der Waals surface area contributed by atoms with Gasteiger partial charge in [-0.3, -0.25) is 13.8 Å². The van der Waals surface area contributed by atoms with Crippen LogP contribution in [0, 0.1) is 0 Å². The van der Waals surface area contributed by atoms with E-state index in [9.17, 15) is 4.79 Å². The Morgan fingerprint density at radius 1 is 1.09 bits per heavy atom. The standard InChI is InChI=1S/C25H25N5O2S2/c1-3-4-7-13-29-23(31)20-11-5-6-12-21(20)30-24(29)27-28-25(30)34-16-18-15-33-22(26-18)17-9-8-10-19(14-17)32-2/h5-6,8-12,14-15H,3-4,7,13,16H2,1-2H3. The Balaban J connectivity index is 1.46. The van der Waals surface area contributed by atoms with Crippen molar-refractivity contribution in [2.24, 2.45) is 0 Å². The molecular formula is C25H25N5O2S2. The quantitative estimate of drug-likeness (QED) is 0.196. The molecule has 5 rings (SSSR count). The lowest BCUT2D eigenvalue weighted by Crippen LogP contribution is -2.23. The van der Waals surface area contributed by atoms with Crippen LogP contribution in [0.4, 0.5) is 0 Å². The average Bonchev–Trinajstić information content (AvgIpc) is 3.52. The summed E-state index contributed by atoms with van der Waals surface area (Å²) in [6.45, 7) is 2.79. The molecular weight excluding hydrogens is 466 g/mol. The zero-order valence-electron chi connectivity index (χ0n) is 19.1. The largest absolute Gasteiger partial charge is 0.497 e. The molecule has 0 amide bonds. The zero-order valence-corrected chi connectivity index (χ0v) is 20.7. The molecule has 3 heterocycles. The Hall–Kier alpha value is -3.17. The smallest absolute Gasteiger partial charge is 0.262 e. The number of benzene rings is 2. The summed E-state index contributed by atoms with van der Waals surface area (Å²) in [7, 11) is 1.67. The van der Waals surface area contributed by atoms with Gasteiger partial charge in [-0.1, -0.05) is 55.8 Å². The molecule has 0 radical (unpaired) electrons. The summed E-state index contributed by atoms with van der Waals surface area (Å²) in [5.74, 6) is 2.07. The second kappa shape index (κ2) is 9.99. The van der Waals surface area contributed by atoms with Gasteiger partial charge in [0.05, 0.1) is 23.7 Å². The molecule has 5 aromatic rings. The van der Waals surface area contributed by atoms with Gasteiger partial charge in [-0.2, -0.15) is 0 Å². The lowest BCUT2D eigenvalue weighted by Gasteiger charge is -2.11. The third kappa shape index (κ3) is 4.33. The van der Waals surface area contributed by atoms with E-state index < -0.39 is 0 Å². The van der Waals surface area contributed by atoms with Crippen LogP contribution >= 0.6 is 23.1 Å². The number of fused-ring (bicyclic) bond motifs is 3. The topological polar surface area (TPSA) is 74.3 Å². The number of rotatable bonds is 9. The fraction of sp³-hybridized carbons (Fsp3) is 0.280. The van der Waals surface area contributed by atoms with Gasteiger partial charge < -0.3 is 4.74 Å². The summed E-state index contributed by atoms with van der Waals surface area (Å²) in [5, 5.41) is 13.3. The SMILES string of the molecule is CCCCCn1c(=O)c2ccccc2n2c(SCc3csc(-c4cccc(OC)c4)n3)nnc12. The van der Waals surface area contributed by atoms with Crippen LogP contribution < -0.4 is 10.3 Å². The van der Waals surface area contributed by atoms with E-state index in [4.69, 9.17) is 9.72 Å². The van der Waals surface area contributed by atoms with Gasteiger partial charge in [-0.05, 0) is 30.7 Å². The number of para-hydroxylation sites is 1. The number of unbranched alkanes of at least 4 members (excludes halogenated alkanes) is 2. The molecule has 174 valence electrons. The number of aromatic nitrogens is 5. The van der Waals surface area contributed by atoms with Crippen molar-refractivity contribution in [1.82, 2.24) is 24.1 Å². The average molecular weight is 492 g/mol. The van der Waals surface area contributed by atoms with E-state index in [1.165, 1.54) is 0 Å². The second-order valence-corrected chi connectivity index (χ2v) is 9.76. The number of ether oxygens (including phenoxy) is 1. The minimum absolute atomic E-state index is 0.00872. The molecule has 7 nitrogen and oxygen atoms in total. The van der Waals surface area contributed by atoms with E-state index in [-0.39, 0.29) is 5.56 Å². The molecule has 9 heteroatoms. The molecule has 2 aromatic carbocycles. The first-order valence-corrected chi connectivity index (χ1v) is 13.1. The van der Waals surface area contributed by atoms with Gasteiger partial charge in [0.15, 0.2) is 5.16 Å². The van der Waals surface area contributed by atoms with Gasteiger partial charge in [-0.25, -0.2) is 4.98 Å². The van der Waals surface area contributed by atoms with Crippen LogP contribution in [0.3, 0.4) is 0 Å². The van der Waals surface area contributed by atoms with E-state index in [0.29, 0.717) is 23.5 Å². The Bertz CT molecular complexity index is 1500. The molecule has 0 aliphatic heterocycles. The molecule has 0 fully saturated rings. The highest BCUT2D eigenvalue weighted by atomic mass is 32.2. The molecule has 0 saturated carbocycles. The van der Waals surface area contributed by atoms with Crippen molar-refractivity contribution in [2.75, 3.05) is 7.11 Å². The first-order valence-electron chi connectivity index (χ1n) is 11.3. The summed E-state index contributed by atoms with van der Waals surface area (Å²) in [6.07, 6.45) is 3.10. The third-order valence-electron chi connectivity index (χ3n) is 5.68. The number of hydrogen-bond acceptors (Lipinski definition) is 7. The van der Waals surface area contributed by atoms with E-state index in [1.807, 2.05) is 52.9 Å². The van der Waals surface area contributed by atoms with E-state index in [0.717, 1.165) is 52.0 Å². The molecule has 0 aliphatic rings. The van der Waals surface area contributed by atoms with Gasteiger partial charge in [0, 0.05) is 23.2 Å². The minimum Gasteiger partial charge on any atom is -0.497 e. The monoisotopic (exact) mass is 491 g/mol. The van der Waals surface area contributed by atoms with Crippen molar-refractivity contribution in [3.8, 4) is 16.3 Å². The lowest BCUT2D eigenvalue weighted by atomic mass is 10.2. The van der Waals surface area contributed by atoms with Crippen LogP contribution in [-0.2, 0) is 12.3 Å². The van der Waals surface area contributed by atoms with Crippen molar-refractivity contribution in [2.45, 2.75) is 43.6 Å². The highest BCUT2D eigenvalue weighted by Gasteiger charge is 2.17. The molecule has 34 heavy (non-hydrogen) atoms. The summed E-state index contributed by atoms with van der Waals surface area (Å²) in [4.78, 5) is 18.0. The predicted octanol–water partition coefficient (Wildman–Crippen LogP) is 5.66. The number of methoxy groups -OCH3 is 1. The summed E-state index contributed by atoms with van der Waals surface area (Å²) in [5.41, 5.74) is 2.84. The molecule has 0 spiro atoms. The van der Waals surface area contributed by atoms with Gasteiger partial charge in [-0.15, -0.1) is 21.5 Å². The van der Waals surface area contributed by atoms with Crippen LogP contribution in [0.2, 0.25) is 0 Å². The molecule has 0 bridgehead atoms. The first-order chi connectivity index (χ1) is 16.7. The van der Waals surface area contributed by atoms with Crippen LogP contribution in [0.15, 0.2) is 63.9 Å². The fourth-order valence-electron chi connectivity index (χ4n) is 3.95. The maximum absolute atomic E-state index is 13.2. The van der Waals surface area contributed by atoms with Crippen molar-refractivity contribution < 1.29 is 4.74 Å². The van der Waals surface area contributed by atoms with Crippen molar-refractivity contribution in [3.05, 3.63) is 70.0 Å². The van der Waals surface area contributed by atoms with Crippen molar-refractivity contribution in [3.63, 3.8) is 0 Å². The normalized spacial score (nSPS) is 11.5. The maximum Gasteiger partial charge on any atom is 0.262 e. The van der Waals surface area contributed by atoms with E-state index in [1.54, 1.807) is 34.8 Å². The molecule has 3 aromatic heterocycles. The Morgan fingerprint density at radius 3 is 2.82 bits per heavy atom. The van der Waals surface area contributed by atoms with Gasteiger partial charge >= 0.3 is 0 Å². The van der Waals surface area contributed by atoms with Crippen molar-refractivity contribution in [1.29, 1.82) is 0 Å². The van der Waals surface area contributed by atoms with Crippen LogP contribution in [0.25, 0.3) is 27.3 Å². The molecule has 0 N–H and O–H groups in total. The minimum atomic E-state index is -0.00872. The molecule has 0 unspecified atom stereocenters. The van der Waals surface area contributed by atoms with E-state index >= 15 is 0 Å². The van der Waals surface area contributed by atoms with Gasteiger partial charge in [0.1, 0.15) is 10.8 Å². The highest BCUT2D eigenvalue weighted by Crippen LogP contribution is 2.30. The van der Waals surface area contributed by atoms with Crippen LogP contribution in [-0.4, -0.2) is 31.3 Å². The first kappa shape index (κ1) is 22.6. The van der Waals surface area contributed by atoms with Crippen LogP contribution in [0.5, 0.6) is 5.75 Å². The Morgan fingerprint density at radius 2 is 1.97 bits per heavy atom. The van der Waals surface area contributed by atoms with E-state index in [2.05, 4.69) is 22.5 Å². The maximum atomic E-state index is 13.2. The Labute approximate surface area is 205 Å². The summed E-state index contributed by atoms with van der Waals surface area (Å²) in [6, 6.07) is 15.6. The zero-order chi connectivity index (χ0) is 23.5. The van der Waals surface area contributed by atoms with Crippen molar-refractivity contribution >= 4 is 39.8 Å². The summed E-state index contributed by atoms with van der Waals surface area (Å²) >= 11 is 3.19. The number of thioether (sulfide) groups is 1. The molecule has 0 atom stereocenters. The number of thiazole rings is 1. The van der Waals surface area contributed by atoms with Gasteiger partial charge in [0.2, 0.25) is 5.78 Å². The summed E-state index contributed by atoms with van der Waals surface area (Å²) < 4.78 is 9.10. The second-order valence-electron chi connectivity index (χ2n) is 7.96. The molecule has 0 aliphatic carbocycles. The third-order valence-corrected chi connectivity index (χ3v) is 7.58. The number of hydrogen-bond donors (Lipinski definition) is 0. The predicted molar refractivity (Wildman–Crippen MR) is 138 cm³/mol.